The number of nitrogens with zero attached hydrogens (tertiary/aromatic N) is 4. The SMILES string of the molecule is COc1nc2ccccc2nc1CCC(=O)NC1CCN(Cc2cccnc2)CC1. The number of amides is 1. The Morgan fingerprint density at radius 3 is 2.60 bits per heavy atom. The molecule has 7 nitrogen and oxygen atoms in total. The van der Waals surface area contributed by atoms with Crippen molar-refractivity contribution < 1.29 is 9.53 Å². The first-order valence-electron chi connectivity index (χ1n) is 10.4. The molecule has 0 radical (unpaired) electrons. The van der Waals surface area contributed by atoms with Crippen LogP contribution in [0.4, 0.5) is 0 Å². The van der Waals surface area contributed by atoms with E-state index in [1.807, 2.05) is 36.5 Å². The number of para-hydroxylation sites is 2. The number of fused-ring (bicyclic) bond motifs is 1. The monoisotopic (exact) mass is 405 g/mol. The smallest absolute Gasteiger partial charge is 0.235 e. The van der Waals surface area contributed by atoms with Gasteiger partial charge in [0.05, 0.1) is 18.1 Å². The molecule has 2 aromatic heterocycles. The van der Waals surface area contributed by atoms with Gasteiger partial charge in [-0.3, -0.25) is 14.7 Å². The zero-order chi connectivity index (χ0) is 20.8. The molecule has 0 aliphatic carbocycles. The van der Waals surface area contributed by atoms with E-state index in [1.54, 1.807) is 13.3 Å². The highest BCUT2D eigenvalue weighted by Gasteiger charge is 2.21. The van der Waals surface area contributed by atoms with Gasteiger partial charge in [-0.1, -0.05) is 18.2 Å². The van der Waals surface area contributed by atoms with Gasteiger partial charge in [0.15, 0.2) is 0 Å². The van der Waals surface area contributed by atoms with Crippen LogP contribution in [0.25, 0.3) is 11.0 Å². The lowest BCUT2D eigenvalue weighted by Crippen LogP contribution is -2.44. The van der Waals surface area contributed by atoms with Crippen molar-refractivity contribution in [2.45, 2.75) is 38.3 Å². The van der Waals surface area contributed by atoms with Crippen molar-refractivity contribution in [2.24, 2.45) is 0 Å². The van der Waals surface area contributed by atoms with Gasteiger partial charge in [-0.2, -0.15) is 0 Å². The van der Waals surface area contributed by atoms with Crippen molar-refractivity contribution in [2.75, 3.05) is 20.2 Å². The number of pyridine rings is 1. The maximum atomic E-state index is 12.5. The summed E-state index contributed by atoms with van der Waals surface area (Å²) in [5.41, 5.74) is 3.55. The number of aryl methyl sites for hydroxylation is 1. The normalized spacial score (nSPS) is 15.2. The predicted octanol–water partition coefficient (Wildman–Crippen LogP) is 2.75. The highest BCUT2D eigenvalue weighted by molar-refractivity contribution is 5.77. The van der Waals surface area contributed by atoms with Gasteiger partial charge in [0.25, 0.3) is 0 Å². The fourth-order valence-electron chi connectivity index (χ4n) is 3.86. The Morgan fingerprint density at radius 2 is 1.90 bits per heavy atom. The maximum absolute atomic E-state index is 12.5. The Kier molecular flexibility index (Phi) is 6.49. The lowest BCUT2D eigenvalue weighted by Gasteiger charge is -2.32. The van der Waals surface area contributed by atoms with Crippen LogP contribution < -0.4 is 10.1 Å². The number of hydrogen-bond acceptors (Lipinski definition) is 6. The first kappa shape index (κ1) is 20.2. The standard InChI is InChI=1S/C23H27N5O2/c1-30-23-21(26-19-6-2-3-7-20(19)27-23)8-9-22(29)25-18-10-13-28(14-11-18)16-17-5-4-12-24-15-17/h2-7,12,15,18H,8-11,13-14,16H2,1H3,(H,25,29). The fraction of sp³-hybridized carbons (Fsp3) is 0.391. The van der Waals surface area contributed by atoms with Gasteiger partial charge in [-0.25, -0.2) is 9.97 Å². The third-order valence-electron chi connectivity index (χ3n) is 5.47. The Bertz CT molecular complexity index is 987. The number of carbonyl (C=O) groups is 1. The zero-order valence-corrected chi connectivity index (χ0v) is 17.3. The van der Waals surface area contributed by atoms with E-state index >= 15 is 0 Å². The molecule has 156 valence electrons. The average molecular weight is 406 g/mol. The van der Waals surface area contributed by atoms with Crippen molar-refractivity contribution in [1.29, 1.82) is 0 Å². The molecular formula is C23H27N5O2. The van der Waals surface area contributed by atoms with E-state index < -0.39 is 0 Å². The zero-order valence-electron chi connectivity index (χ0n) is 17.3. The molecule has 1 amide bonds. The summed E-state index contributed by atoms with van der Waals surface area (Å²) in [6.07, 6.45) is 6.52. The Balaban J connectivity index is 1.26. The van der Waals surface area contributed by atoms with E-state index in [1.165, 1.54) is 5.56 Å². The van der Waals surface area contributed by atoms with Gasteiger partial charge < -0.3 is 10.1 Å². The van der Waals surface area contributed by atoms with E-state index in [9.17, 15) is 4.79 Å². The van der Waals surface area contributed by atoms with Crippen LogP contribution in [-0.4, -0.2) is 52.0 Å². The molecule has 1 N–H and O–H groups in total. The van der Waals surface area contributed by atoms with Crippen molar-refractivity contribution in [3.05, 3.63) is 60.0 Å². The topological polar surface area (TPSA) is 80.2 Å². The van der Waals surface area contributed by atoms with Gasteiger partial charge in [-0.05, 0) is 36.6 Å². The molecule has 0 unspecified atom stereocenters. The minimum atomic E-state index is 0.0534. The lowest BCUT2D eigenvalue weighted by molar-refractivity contribution is -0.122. The summed E-state index contributed by atoms with van der Waals surface area (Å²) in [7, 11) is 1.58. The summed E-state index contributed by atoms with van der Waals surface area (Å²) < 4.78 is 5.38. The third kappa shape index (κ3) is 5.10. The predicted molar refractivity (Wildman–Crippen MR) is 115 cm³/mol. The number of rotatable bonds is 7. The highest BCUT2D eigenvalue weighted by atomic mass is 16.5. The molecule has 4 rings (SSSR count). The van der Waals surface area contributed by atoms with Gasteiger partial charge in [0.2, 0.25) is 11.8 Å². The molecule has 1 saturated heterocycles. The number of methoxy groups -OCH3 is 1. The summed E-state index contributed by atoms with van der Waals surface area (Å²) in [5, 5.41) is 3.18. The van der Waals surface area contributed by atoms with Crippen molar-refractivity contribution >= 4 is 16.9 Å². The minimum Gasteiger partial charge on any atom is -0.480 e. The highest BCUT2D eigenvalue weighted by Crippen LogP contribution is 2.20. The van der Waals surface area contributed by atoms with Crippen molar-refractivity contribution in [1.82, 2.24) is 25.2 Å². The molecule has 0 atom stereocenters. The summed E-state index contributed by atoms with van der Waals surface area (Å²) in [4.78, 5) is 28.2. The molecule has 1 aromatic carbocycles. The Hall–Kier alpha value is -3.06. The number of likely N-dealkylation sites (tertiary alicyclic amines) is 1. The second kappa shape index (κ2) is 9.63. The van der Waals surface area contributed by atoms with Gasteiger partial charge in [0, 0.05) is 50.9 Å². The van der Waals surface area contributed by atoms with E-state index in [0.29, 0.717) is 18.7 Å². The number of carbonyl (C=O) groups excluding carboxylic acids is 1. The van der Waals surface area contributed by atoms with Gasteiger partial charge in [-0.15, -0.1) is 0 Å². The number of piperidine rings is 1. The van der Waals surface area contributed by atoms with Crippen LogP contribution in [0.15, 0.2) is 48.8 Å². The fourth-order valence-corrected chi connectivity index (χ4v) is 3.86. The number of nitrogens with one attached hydrogen (secondary N) is 1. The Labute approximate surface area is 176 Å². The quantitative estimate of drug-likeness (QED) is 0.651. The summed E-state index contributed by atoms with van der Waals surface area (Å²) in [6, 6.07) is 12.0. The summed E-state index contributed by atoms with van der Waals surface area (Å²) in [5.74, 6) is 0.544. The lowest BCUT2D eigenvalue weighted by atomic mass is 10.0. The van der Waals surface area contributed by atoms with Crippen LogP contribution in [0, 0.1) is 0 Å². The van der Waals surface area contributed by atoms with E-state index in [2.05, 4.69) is 31.2 Å². The molecule has 1 aliphatic heterocycles. The number of hydrogen-bond donors (Lipinski definition) is 1. The second-order valence-corrected chi connectivity index (χ2v) is 7.65. The van der Waals surface area contributed by atoms with Gasteiger partial charge >= 0.3 is 0 Å². The molecule has 0 bridgehead atoms. The van der Waals surface area contributed by atoms with Gasteiger partial charge in [0.1, 0.15) is 5.69 Å². The van der Waals surface area contributed by atoms with Crippen LogP contribution in [0.1, 0.15) is 30.5 Å². The maximum Gasteiger partial charge on any atom is 0.235 e. The first-order chi connectivity index (χ1) is 14.7. The van der Waals surface area contributed by atoms with Crippen LogP contribution in [0.5, 0.6) is 5.88 Å². The van der Waals surface area contributed by atoms with Crippen LogP contribution in [-0.2, 0) is 17.8 Å². The van der Waals surface area contributed by atoms with Crippen molar-refractivity contribution in [3.63, 3.8) is 0 Å². The molecule has 3 aromatic rings. The molecule has 1 aliphatic rings. The molecule has 3 heterocycles. The average Bonchev–Trinajstić information content (AvgIpc) is 2.79. The first-order valence-corrected chi connectivity index (χ1v) is 10.4. The minimum absolute atomic E-state index is 0.0534. The van der Waals surface area contributed by atoms with E-state index in [-0.39, 0.29) is 11.9 Å². The number of aromatic nitrogens is 3. The van der Waals surface area contributed by atoms with Crippen molar-refractivity contribution in [3.8, 4) is 5.88 Å². The molecule has 0 spiro atoms. The van der Waals surface area contributed by atoms with Crippen LogP contribution >= 0.6 is 0 Å². The third-order valence-corrected chi connectivity index (χ3v) is 5.47. The molecule has 0 saturated carbocycles. The molecule has 1 fully saturated rings. The largest absolute Gasteiger partial charge is 0.480 e. The molecule has 30 heavy (non-hydrogen) atoms. The van der Waals surface area contributed by atoms with E-state index in [4.69, 9.17) is 4.74 Å². The van der Waals surface area contributed by atoms with E-state index in [0.717, 1.165) is 49.2 Å². The Morgan fingerprint density at radius 1 is 1.13 bits per heavy atom. The number of ether oxygens (including phenoxy) is 1. The second-order valence-electron chi connectivity index (χ2n) is 7.65. The molecular weight excluding hydrogens is 378 g/mol. The molecule has 7 heteroatoms. The van der Waals surface area contributed by atoms with Crippen LogP contribution in [0.3, 0.4) is 0 Å². The summed E-state index contributed by atoms with van der Waals surface area (Å²) >= 11 is 0. The number of benzene rings is 1. The van der Waals surface area contributed by atoms with Crippen LogP contribution in [0.2, 0.25) is 0 Å². The summed E-state index contributed by atoms with van der Waals surface area (Å²) in [6.45, 7) is 2.86.